The third kappa shape index (κ3) is 3.80. The van der Waals surface area contributed by atoms with Gasteiger partial charge in [-0.2, -0.15) is 0 Å². The second-order valence-corrected chi connectivity index (χ2v) is 4.96. The molecule has 0 atom stereocenters. The van der Waals surface area contributed by atoms with Gasteiger partial charge in [0, 0.05) is 22.8 Å². The SMILES string of the molecule is CCN(CC)C(=S)OCc1ccc(C)s1. The van der Waals surface area contributed by atoms with Crippen molar-refractivity contribution in [2.24, 2.45) is 0 Å². The summed E-state index contributed by atoms with van der Waals surface area (Å²) in [5.74, 6) is 0. The Balaban J connectivity index is 2.40. The number of aryl methyl sites for hydroxylation is 1. The second kappa shape index (κ2) is 6.08. The summed E-state index contributed by atoms with van der Waals surface area (Å²) in [7, 11) is 0. The van der Waals surface area contributed by atoms with E-state index in [1.807, 2.05) is 4.90 Å². The summed E-state index contributed by atoms with van der Waals surface area (Å²) in [5, 5.41) is 0.603. The molecule has 0 aliphatic heterocycles. The number of nitrogens with zero attached hydrogens (tertiary/aromatic N) is 1. The molecular weight excluding hydrogens is 226 g/mol. The molecule has 1 rings (SSSR count). The van der Waals surface area contributed by atoms with Crippen molar-refractivity contribution in [3.63, 3.8) is 0 Å². The molecule has 1 heterocycles. The zero-order chi connectivity index (χ0) is 11.3. The molecule has 0 radical (unpaired) electrons. The summed E-state index contributed by atoms with van der Waals surface area (Å²) in [4.78, 5) is 4.57. The van der Waals surface area contributed by atoms with Gasteiger partial charge in [0.05, 0.1) is 0 Å². The van der Waals surface area contributed by atoms with E-state index in [1.165, 1.54) is 9.75 Å². The van der Waals surface area contributed by atoms with Gasteiger partial charge < -0.3 is 9.64 Å². The normalized spacial score (nSPS) is 10.1. The molecule has 84 valence electrons. The largest absolute Gasteiger partial charge is 0.465 e. The maximum absolute atomic E-state index is 5.55. The van der Waals surface area contributed by atoms with Gasteiger partial charge in [-0.05, 0) is 45.1 Å². The number of hydrogen-bond donors (Lipinski definition) is 0. The third-order valence-corrected chi connectivity index (χ3v) is 3.51. The molecule has 0 saturated carbocycles. The highest BCUT2D eigenvalue weighted by atomic mass is 32.1. The van der Waals surface area contributed by atoms with Gasteiger partial charge in [-0.25, -0.2) is 0 Å². The molecular formula is C11H17NOS2. The lowest BCUT2D eigenvalue weighted by Gasteiger charge is -2.20. The molecule has 2 nitrogen and oxygen atoms in total. The van der Waals surface area contributed by atoms with Crippen molar-refractivity contribution in [1.82, 2.24) is 4.90 Å². The van der Waals surface area contributed by atoms with Crippen LogP contribution in [0.5, 0.6) is 0 Å². The van der Waals surface area contributed by atoms with Crippen molar-refractivity contribution < 1.29 is 4.74 Å². The Morgan fingerprint density at radius 2 is 2.07 bits per heavy atom. The molecule has 0 bridgehead atoms. The van der Waals surface area contributed by atoms with Gasteiger partial charge in [0.25, 0.3) is 5.17 Å². The first kappa shape index (κ1) is 12.5. The van der Waals surface area contributed by atoms with Gasteiger partial charge in [0.15, 0.2) is 0 Å². The van der Waals surface area contributed by atoms with Gasteiger partial charge in [0.1, 0.15) is 6.61 Å². The maximum atomic E-state index is 5.55. The van der Waals surface area contributed by atoms with Crippen LogP contribution in [-0.2, 0) is 11.3 Å². The van der Waals surface area contributed by atoms with Crippen LogP contribution in [-0.4, -0.2) is 23.2 Å². The number of hydrogen-bond acceptors (Lipinski definition) is 3. The van der Waals surface area contributed by atoms with Crippen molar-refractivity contribution in [1.29, 1.82) is 0 Å². The van der Waals surface area contributed by atoms with Crippen LogP contribution >= 0.6 is 23.6 Å². The average molecular weight is 243 g/mol. The molecule has 0 aliphatic rings. The van der Waals surface area contributed by atoms with Crippen LogP contribution in [0.25, 0.3) is 0 Å². The first-order valence-electron chi connectivity index (χ1n) is 5.14. The Morgan fingerprint density at radius 3 is 2.53 bits per heavy atom. The van der Waals surface area contributed by atoms with E-state index in [0.29, 0.717) is 11.8 Å². The van der Waals surface area contributed by atoms with Gasteiger partial charge in [-0.1, -0.05) is 0 Å². The molecule has 0 saturated heterocycles. The van der Waals surface area contributed by atoms with E-state index in [2.05, 4.69) is 32.9 Å². The molecule has 1 aromatic rings. The van der Waals surface area contributed by atoms with E-state index < -0.39 is 0 Å². The first-order valence-corrected chi connectivity index (χ1v) is 6.36. The van der Waals surface area contributed by atoms with Crippen LogP contribution in [0.2, 0.25) is 0 Å². The van der Waals surface area contributed by atoms with Crippen LogP contribution in [0.15, 0.2) is 12.1 Å². The Bertz CT molecular complexity index is 318. The Labute approximate surface area is 101 Å². The highest BCUT2D eigenvalue weighted by molar-refractivity contribution is 7.80. The molecule has 4 heteroatoms. The summed E-state index contributed by atoms with van der Waals surface area (Å²) in [6.45, 7) is 8.64. The molecule has 0 N–H and O–H groups in total. The highest BCUT2D eigenvalue weighted by Crippen LogP contribution is 2.16. The quantitative estimate of drug-likeness (QED) is 0.754. The van der Waals surface area contributed by atoms with Crippen LogP contribution in [0.3, 0.4) is 0 Å². The molecule has 1 aromatic heterocycles. The second-order valence-electron chi connectivity index (χ2n) is 3.24. The van der Waals surface area contributed by atoms with Gasteiger partial charge in [-0.15, -0.1) is 11.3 Å². The minimum absolute atomic E-state index is 0.591. The zero-order valence-electron chi connectivity index (χ0n) is 9.45. The highest BCUT2D eigenvalue weighted by Gasteiger charge is 2.06. The van der Waals surface area contributed by atoms with Crippen molar-refractivity contribution in [3.8, 4) is 0 Å². The standard InChI is InChI=1S/C11H17NOS2/c1-4-12(5-2)11(14)13-8-10-7-6-9(3)15-10/h6-7H,4-5,8H2,1-3H3. The number of ether oxygens (including phenoxy) is 1. The Kier molecular flexibility index (Phi) is 5.05. The summed E-state index contributed by atoms with van der Waals surface area (Å²) < 4.78 is 5.55. The fraction of sp³-hybridized carbons (Fsp3) is 0.545. The van der Waals surface area contributed by atoms with Gasteiger partial charge in [0.2, 0.25) is 0 Å². The van der Waals surface area contributed by atoms with Crippen molar-refractivity contribution >= 4 is 28.7 Å². The first-order chi connectivity index (χ1) is 7.17. The van der Waals surface area contributed by atoms with Crippen molar-refractivity contribution in [2.45, 2.75) is 27.4 Å². The van der Waals surface area contributed by atoms with Gasteiger partial charge in [-0.3, -0.25) is 0 Å². The van der Waals surface area contributed by atoms with E-state index in [9.17, 15) is 0 Å². The molecule has 0 fully saturated rings. The van der Waals surface area contributed by atoms with E-state index >= 15 is 0 Å². The summed E-state index contributed by atoms with van der Waals surface area (Å²) in [5.41, 5.74) is 0. The number of thiophene rings is 1. The van der Waals surface area contributed by atoms with E-state index in [0.717, 1.165) is 13.1 Å². The smallest absolute Gasteiger partial charge is 0.259 e. The fourth-order valence-electron chi connectivity index (χ4n) is 1.27. The zero-order valence-corrected chi connectivity index (χ0v) is 11.1. The predicted octanol–water partition coefficient (Wildman–Crippen LogP) is 3.20. The van der Waals surface area contributed by atoms with Crippen LogP contribution < -0.4 is 0 Å². The van der Waals surface area contributed by atoms with Crippen molar-refractivity contribution in [2.75, 3.05) is 13.1 Å². The molecule has 15 heavy (non-hydrogen) atoms. The van der Waals surface area contributed by atoms with Crippen LogP contribution in [0.4, 0.5) is 0 Å². The topological polar surface area (TPSA) is 12.5 Å². The minimum Gasteiger partial charge on any atom is -0.465 e. The summed E-state index contributed by atoms with van der Waals surface area (Å²) in [6.07, 6.45) is 0. The molecule has 0 spiro atoms. The number of rotatable bonds is 4. The van der Waals surface area contributed by atoms with Crippen LogP contribution in [0.1, 0.15) is 23.6 Å². The third-order valence-electron chi connectivity index (χ3n) is 2.16. The van der Waals surface area contributed by atoms with Crippen LogP contribution in [0, 0.1) is 6.92 Å². The Hall–Kier alpha value is -0.610. The lowest BCUT2D eigenvalue weighted by Crippen LogP contribution is -2.30. The van der Waals surface area contributed by atoms with E-state index in [-0.39, 0.29) is 0 Å². The van der Waals surface area contributed by atoms with E-state index in [1.54, 1.807) is 11.3 Å². The number of thiocarbonyl (C=S) groups is 1. The maximum Gasteiger partial charge on any atom is 0.259 e. The van der Waals surface area contributed by atoms with E-state index in [4.69, 9.17) is 17.0 Å². The molecule has 0 unspecified atom stereocenters. The minimum atomic E-state index is 0.591. The Morgan fingerprint density at radius 1 is 1.40 bits per heavy atom. The monoisotopic (exact) mass is 243 g/mol. The fourth-order valence-corrected chi connectivity index (χ4v) is 2.39. The lowest BCUT2D eigenvalue weighted by molar-refractivity contribution is 0.241. The van der Waals surface area contributed by atoms with Gasteiger partial charge >= 0.3 is 0 Å². The predicted molar refractivity (Wildman–Crippen MR) is 69.4 cm³/mol. The molecule has 0 amide bonds. The summed E-state index contributed by atoms with van der Waals surface area (Å²) in [6, 6.07) is 4.19. The molecule has 0 aliphatic carbocycles. The average Bonchev–Trinajstić information content (AvgIpc) is 2.63. The summed E-state index contributed by atoms with van der Waals surface area (Å²) >= 11 is 6.94. The molecule has 0 aromatic carbocycles. The lowest BCUT2D eigenvalue weighted by atomic mass is 10.4. The van der Waals surface area contributed by atoms with Crippen molar-refractivity contribution in [3.05, 3.63) is 21.9 Å².